The van der Waals surface area contributed by atoms with Crippen molar-refractivity contribution in [3.05, 3.63) is 24.6 Å². The molecule has 0 saturated carbocycles. The summed E-state index contributed by atoms with van der Waals surface area (Å²) in [5.41, 5.74) is 0.753. The predicted molar refractivity (Wildman–Crippen MR) is 64.7 cm³/mol. The van der Waals surface area contributed by atoms with Gasteiger partial charge in [-0.3, -0.25) is 0 Å². The van der Waals surface area contributed by atoms with E-state index in [9.17, 15) is 8.42 Å². The second-order valence-corrected chi connectivity index (χ2v) is 6.46. The zero-order valence-corrected chi connectivity index (χ0v) is 9.90. The van der Waals surface area contributed by atoms with Crippen LogP contribution < -0.4 is 5.32 Å². The van der Waals surface area contributed by atoms with E-state index < -0.39 is 9.84 Å². The van der Waals surface area contributed by atoms with Crippen LogP contribution in [0.3, 0.4) is 0 Å². The number of pyridine rings is 1. The molecule has 1 aliphatic rings. The summed E-state index contributed by atoms with van der Waals surface area (Å²) in [5, 5.41) is 4.06. The topological polar surface area (TPSA) is 72.2 Å². The summed E-state index contributed by atoms with van der Waals surface area (Å²) in [6.45, 7) is 0. The molecule has 6 heteroatoms. The van der Waals surface area contributed by atoms with Crippen LogP contribution in [0.2, 0.25) is 0 Å². The summed E-state index contributed by atoms with van der Waals surface area (Å²) in [5.74, 6) is 1.13. The van der Waals surface area contributed by atoms with Crippen molar-refractivity contribution in [2.45, 2.75) is 12.5 Å². The second-order valence-electron chi connectivity index (χ2n) is 4.24. The lowest BCUT2D eigenvalue weighted by molar-refractivity contribution is 0.602. The van der Waals surface area contributed by atoms with E-state index in [4.69, 9.17) is 4.42 Å². The van der Waals surface area contributed by atoms with Gasteiger partial charge in [0.2, 0.25) is 0 Å². The minimum absolute atomic E-state index is 0.0481. The van der Waals surface area contributed by atoms with E-state index in [1.807, 2.05) is 6.07 Å². The first-order valence-corrected chi connectivity index (χ1v) is 7.25. The molecule has 1 N–H and O–H groups in total. The van der Waals surface area contributed by atoms with Crippen molar-refractivity contribution in [1.82, 2.24) is 4.98 Å². The number of fused-ring (bicyclic) bond motifs is 1. The standard InChI is InChI=1S/C11H12N2O3S/c14-17(15)6-3-8(7-17)13-11-9-2-5-16-10(9)1-4-12-11/h1-2,4-5,8H,3,6-7H2,(H,12,13). The highest BCUT2D eigenvalue weighted by molar-refractivity contribution is 7.91. The Morgan fingerprint density at radius 2 is 2.29 bits per heavy atom. The van der Waals surface area contributed by atoms with E-state index in [1.165, 1.54) is 0 Å². The number of hydrogen-bond donors (Lipinski definition) is 1. The van der Waals surface area contributed by atoms with Crippen LogP contribution in [0.5, 0.6) is 0 Å². The third kappa shape index (κ3) is 2.00. The smallest absolute Gasteiger partial charge is 0.152 e. The van der Waals surface area contributed by atoms with Crippen LogP contribution in [0.4, 0.5) is 5.82 Å². The summed E-state index contributed by atoms with van der Waals surface area (Å²) in [7, 11) is -2.87. The molecule has 90 valence electrons. The van der Waals surface area contributed by atoms with Crippen molar-refractivity contribution < 1.29 is 12.8 Å². The van der Waals surface area contributed by atoms with E-state index in [1.54, 1.807) is 18.5 Å². The van der Waals surface area contributed by atoms with Crippen LogP contribution in [-0.2, 0) is 9.84 Å². The maximum atomic E-state index is 11.4. The molecule has 0 bridgehead atoms. The second kappa shape index (κ2) is 3.73. The van der Waals surface area contributed by atoms with E-state index in [-0.39, 0.29) is 17.5 Å². The molecule has 3 heterocycles. The first-order chi connectivity index (χ1) is 8.14. The number of furan rings is 1. The van der Waals surface area contributed by atoms with Crippen molar-refractivity contribution in [2.24, 2.45) is 0 Å². The highest BCUT2D eigenvalue weighted by Crippen LogP contribution is 2.24. The van der Waals surface area contributed by atoms with Gasteiger partial charge in [0.25, 0.3) is 0 Å². The van der Waals surface area contributed by atoms with Gasteiger partial charge in [0.05, 0.1) is 23.2 Å². The number of hydrogen-bond acceptors (Lipinski definition) is 5. The molecule has 1 unspecified atom stereocenters. The molecule has 0 radical (unpaired) electrons. The number of sulfone groups is 1. The van der Waals surface area contributed by atoms with Crippen LogP contribution in [0.1, 0.15) is 6.42 Å². The number of nitrogens with zero attached hydrogens (tertiary/aromatic N) is 1. The van der Waals surface area contributed by atoms with Crippen molar-refractivity contribution >= 4 is 26.6 Å². The Hall–Kier alpha value is -1.56. The summed E-state index contributed by atoms with van der Waals surface area (Å²) in [6.07, 6.45) is 3.89. The quantitative estimate of drug-likeness (QED) is 0.875. The zero-order chi connectivity index (χ0) is 11.9. The molecule has 1 fully saturated rings. The van der Waals surface area contributed by atoms with E-state index >= 15 is 0 Å². The van der Waals surface area contributed by atoms with Crippen LogP contribution in [0.25, 0.3) is 11.0 Å². The predicted octanol–water partition coefficient (Wildman–Crippen LogP) is 1.43. The molecule has 0 amide bonds. The van der Waals surface area contributed by atoms with Crippen LogP contribution in [-0.4, -0.2) is 30.9 Å². The minimum Gasteiger partial charge on any atom is -0.464 e. The van der Waals surface area contributed by atoms with Gasteiger partial charge in [-0.1, -0.05) is 0 Å². The number of aromatic nitrogens is 1. The number of anilines is 1. The zero-order valence-electron chi connectivity index (χ0n) is 9.09. The fourth-order valence-electron chi connectivity index (χ4n) is 2.11. The molecule has 3 rings (SSSR count). The molecule has 17 heavy (non-hydrogen) atoms. The van der Waals surface area contributed by atoms with E-state index in [2.05, 4.69) is 10.3 Å². The normalized spacial score (nSPS) is 22.9. The third-order valence-corrected chi connectivity index (χ3v) is 4.72. The molecule has 1 aliphatic heterocycles. The van der Waals surface area contributed by atoms with Gasteiger partial charge in [0.15, 0.2) is 9.84 Å². The monoisotopic (exact) mass is 252 g/mol. The van der Waals surface area contributed by atoms with Crippen molar-refractivity contribution in [2.75, 3.05) is 16.8 Å². The summed E-state index contributed by atoms with van der Waals surface area (Å²) < 4.78 is 28.0. The lowest BCUT2D eigenvalue weighted by Crippen LogP contribution is -2.21. The molecular weight excluding hydrogens is 240 g/mol. The van der Waals surface area contributed by atoms with Gasteiger partial charge in [0.1, 0.15) is 11.4 Å². The van der Waals surface area contributed by atoms with Gasteiger partial charge in [-0.25, -0.2) is 13.4 Å². The summed E-state index contributed by atoms with van der Waals surface area (Å²) in [4.78, 5) is 4.22. The summed E-state index contributed by atoms with van der Waals surface area (Å²) >= 11 is 0. The molecule has 0 aromatic carbocycles. The first-order valence-electron chi connectivity index (χ1n) is 5.43. The molecule has 1 atom stereocenters. The molecule has 0 spiro atoms. The van der Waals surface area contributed by atoms with Crippen molar-refractivity contribution in [3.8, 4) is 0 Å². The summed E-state index contributed by atoms with van der Waals surface area (Å²) in [6, 6.07) is 3.56. The average Bonchev–Trinajstić information content (AvgIpc) is 2.85. The Balaban J connectivity index is 1.88. The molecule has 2 aromatic rings. The lowest BCUT2D eigenvalue weighted by atomic mass is 10.2. The first kappa shape index (κ1) is 10.6. The molecular formula is C11H12N2O3S. The fraction of sp³-hybridized carbons (Fsp3) is 0.364. The van der Waals surface area contributed by atoms with Crippen LogP contribution in [0.15, 0.2) is 29.0 Å². The van der Waals surface area contributed by atoms with Gasteiger partial charge >= 0.3 is 0 Å². The fourth-order valence-corrected chi connectivity index (χ4v) is 3.79. The maximum absolute atomic E-state index is 11.4. The Morgan fingerprint density at radius 1 is 1.41 bits per heavy atom. The highest BCUT2D eigenvalue weighted by atomic mass is 32.2. The van der Waals surface area contributed by atoms with Crippen molar-refractivity contribution in [1.29, 1.82) is 0 Å². The Labute approximate surface area is 98.8 Å². The Bertz CT molecular complexity index is 648. The van der Waals surface area contributed by atoms with Gasteiger partial charge in [-0.2, -0.15) is 0 Å². The largest absolute Gasteiger partial charge is 0.464 e. The van der Waals surface area contributed by atoms with Gasteiger partial charge in [0, 0.05) is 12.2 Å². The lowest BCUT2D eigenvalue weighted by Gasteiger charge is -2.11. The maximum Gasteiger partial charge on any atom is 0.152 e. The average molecular weight is 252 g/mol. The Kier molecular flexibility index (Phi) is 2.32. The van der Waals surface area contributed by atoms with Crippen LogP contribution in [0, 0.1) is 0 Å². The number of nitrogens with one attached hydrogen (secondary N) is 1. The van der Waals surface area contributed by atoms with Gasteiger partial charge in [-0.15, -0.1) is 0 Å². The third-order valence-electron chi connectivity index (χ3n) is 2.95. The van der Waals surface area contributed by atoms with Crippen LogP contribution >= 0.6 is 0 Å². The SMILES string of the molecule is O=S1(=O)CCC(Nc2nccc3occc23)C1. The van der Waals surface area contributed by atoms with Gasteiger partial charge < -0.3 is 9.73 Å². The molecule has 1 saturated heterocycles. The van der Waals surface area contributed by atoms with Crippen molar-refractivity contribution in [3.63, 3.8) is 0 Å². The minimum atomic E-state index is -2.87. The molecule has 0 aliphatic carbocycles. The van der Waals surface area contributed by atoms with Gasteiger partial charge in [-0.05, 0) is 18.6 Å². The highest BCUT2D eigenvalue weighted by Gasteiger charge is 2.28. The number of rotatable bonds is 2. The Morgan fingerprint density at radius 3 is 3.06 bits per heavy atom. The molecule has 5 nitrogen and oxygen atoms in total. The molecule has 2 aromatic heterocycles. The van der Waals surface area contributed by atoms with E-state index in [0.717, 1.165) is 11.0 Å². The van der Waals surface area contributed by atoms with E-state index in [0.29, 0.717) is 12.2 Å².